The Labute approximate surface area is 114 Å². The summed E-state index contributed by atoms with van der Waals surface area (Å²) in [6, 6.07) is 0. The largest absolute Gasteiger partial charge is 0.748 e. The first-order valence-electron chi connectivity index (χ1n) is 6.57. The smallest absolute Gasteiger partial charge is 0.160 e. The lowest BCUT2D eigenvalue weighted by molar-refractivity contribution is -0.243. The third kappa shape index (κ3) is 5.00. The molecule has 0 aromatic carbocycles. The first-order chi connectivity index (χ1) is 8.76. The molecule has 0 spiro atoms. The summed E-state index contributed by atoms with van der Waals surface area (Å²) in [6.45, 7) is 6.26. The van der Waals surface area contributed by atoms with Crippen molar-refractivity contribution in [3.8, 4) is 0 Å². The molecule has 5 atom stereocenters. The zero-order valence-electron chi connectivity index (χ0n) is 11.6. The molecule has 1 aliphatic heterocycles. The van der Waals surface area contributed by atoms with Crippen molar-refractivity contribution in [1.82, 2.24) is 0 Å². The molecule has 1 fully saturated rings. The number of hydrogen-bond acceptors (Lipinski definition) is 6. The summed E-state index contributed by atoms with van der Waals surface area (Å²) in [5.74, 6) is -0.235. The maximum Gasteiger partial charge on any atom is 0.160 e. The van der Waals surface area contributed by atoms with Gasteiger partial charge in [-0.25, -0.2) is 8.42 Å². The fourth-order valence-corrected chi connectivity index (χ4v) is 3.12. The third-order valence-corrected chi connectivity index (χ3v) is 4.67. The van der Waals surface area contributed by atoms with Gasteiger partial charge in [0, 0.05) is 12.5 Å². The number of ether oxygens (including phenoxy) is 2. The zero-order valence-corrected chi connectivity index (χ0v) is 12.4. The summed E-state index contributed by atoms with van der Waals surface area (Å²) in [5, 5.41) is 8.72. The van der Waals surface area contributed by atoms with Gasteiger partial charge in [0.25, 0.3) is 0 Å². The maximum absolute atomic E-state index is 10.9. The number of rotatable bonds is 6. The van der Waals surface area contributed by atoms with Gasteiger partial charge >= 0.3 is 0 Å². The van der Waals surface area contributed by atoms with Crippen LogP contribution in [0.2, 0.25) is 0 Å². The van der Waals surface area contributed by atoms with E-state index in [0.29, 0.717) is 13.0 Å². The molecule has 0 aromatic heterocycles. The van der Waals surface area contributed by atoms with Crippen LogP contribution >= 0.6 is 0 Å². The van der Waals surface area contributed by atoms with Gasteiger partial charge in [-0.3, -0.25) is 0 Å². The van der Waals surface area contributed by atoms with Gasteiger partial charge in [-0.05, 0) is 18.3 Å². The Kier molecular flexibility index (Phi) is 6.19. The molecule has 1 unspecified atom stereocenters. The fourth-order valence-electron chi connectivity index (χ4n) is 2.33. The van der Waals surface area contributed by atoms with Gasteiger partial charge in [0.15, 0.2) is 6.29 Å². The SMILES string of the molecule is C[C@H]1[C@H](C)[C@@H](C)C(OCCCO)O[C@@H]1CS(=O)(=O)[O-]. The molecule has 0 radical (unpaired) electrons. The standard InChI is InChI=1S/C12H24O6S/c1-8-9(2)11(7-19(14,15)16)18-12(10(8)3)17-6-4-5-13/h8-13H,4-7H2,1-3H3,(H,14,15,16)/p-1/t8-,9-,10+,11+,12?/m0/s1. The van der Waals surface area contributed by atoms with Crippen LogP contribution in [0, 0.1) is 17.8 Å². The zero-order chi connectivity index (χ0) is 14.6. The summed E-state index contributed by atoms with van der Waals surface area (Å²) in [7, 11) is -4.32. The Bertz CT molecular complexity index is 368. The van der Waals surface area contributed by atoms with Crippen LogP contribution in [0.3, 0.4) is 0 Å². The predicted octanol–water partition coefficient (Wildman–Crippen LogP) is 0.564. The van der Waals surface area contributed by atoms with Crippen LogP contribution in [0.5, 0.6) is 0 Å². The van der Waals surface area contributed by atoms with Gasteiger partial charge in [-0.1, -0.05) is 20.8 Å². The Hall–Kier alpha value is -0.210. The first-order valence-corrected chi connectivity index (χ1v) is 8.15. The molecule has 1 aliphatic rings. The lowest BCUT2D eigenvalue weighted by Crippen LogP contribution is -2.48. The highest BCUT2D eigenvalue weighted by molar-refractivity contribution is 7.85. The summed E-state index contributed by atoms with van der Waals surface area (Å²) in [5.41, 5.74) is 0. The second-order valence-corrected chi connectivity index (χ2v) is 6.74. The van der Waals surface area contributed by atoms with Gasteiger partial charge in [0.1, 0.15) is 0 Å². The molecule has 7 heteroatoms. The van der Waals surface area contributed by atoms with E-state index in [1.807, 2.05) is 20.8 Å². The Morgan fingerprint density at radius 2 is 1.84 bits per heavy atom. The van der Waals surface area contributed by atoms with Crippen LogP contribution in [0.25, 0.3) is 0 Å². The third-order valence-electron chi connectivity index (χ3n) is 3.94. The van der Waals surface area contributed by atoms with Crippen molar-refractivity contribution in [2.45, 2.75) is 39.6 Å². The lowest BCUT2D eigenvalue weighted by atomic mass is 9.79. The second-order valence-electron chi connectivity index (χ2n) is 5.29. The van der Waals surface area contributed by atoms with Crippen LogP contribution in [0.4, 0.5) is 0 Å². The van der Waals surface area contributed by atoms with Crippen LogP contribution in [-0.2, 0) is 19.6 Å². The van der Waals surface area contributed by atoms with E-state index in [-0.39, 0.29) is 24.4 Å². The molecule has 114 valence electrons. The van der Waals surface area contributed by atoms with Gasteiger partial charge in [0.05, 0.1) is 28.6 Å². The fraction of sp³-hybridized carbons (Fsp3) is 1.00. The van der Waals surface area contributed by atoms with Crippen molar-refractivity contribution in [2.24, 2.45) is 17.8 Å². The second kappa shape index (κ2) is 6.99. The molecule has 0 aromatic rings. The predicted molar refractivity (Wildman–Crippen MR) is 68.4 cm³/mol. The summed E-state index contributed by atoms with van der Waals surface area (Å²) < 4.78 is 43.8. The molecular formula is C12H23O6S-. The van der Waals surface area contributed by atoms with E-state index in [0.717, 1.165) is 0 Å². The molecule has 1 heterocycles. The molecule has 19 heavy (non-hydrogen) atoms. The van der Waals surface area contributed by atoms with Gasteiger partial charge in [-0.2, -0.15) is 0 Å². The molecule has 6 nitrogen and oxygen atoms in total. The Morgan fingerprint density at radius 1 is 1.21 bits per heavy atom. The molecule has 0 aliphatic carbocycles. The van der Waals surface area contributed by atoms with E-state index >= 15 is 0 Å². The minimum atomic E-state index is -4.32. The van der Waals surface area contributed by atoms with Crippen LogP contribution < -0.4 is 0 Å². The highest BCUT2D eigenvalue weighted by Gasteiger charge is 2.40. The molecule has 0 saturated carbocycles. The summed E-state index contributed by atoms with van der Waals surface area (Å²) >= 11 is 0. The van der Waals surface area contributed by atoms with Crippen molar-refractivity contribution in [1.29, 1.82) is 0 Å². The molecule has 0 bridgehead atoms. The topological polar surface area (TPSA) is 95.9 Å². The van der Waals surface area contributed by atoms with Crippen molar-refractivity contribution >= 4 is 10.1 Å². The molecular weight excluding hydrogens is 272 g/mol. The minimum Gasteiger partial charge on any atom is -0.748 e. The molecule has 1 N–H and O–H groups in total. The van der Waals surface area contributed by atoms with Crippen LogP contribution in [0.15, 0.2) is 0 Å². The molecule has 0 amide bonds. The van der Waals surface area contributed by atoms with Crippen LogP contribution in [0.1, 0.15) is 27.2 Å². The Morgan fingerprint density at radius 3 is 2.37 bits per heavy atom. The highest BCUT2D eigenvalue weighted by atomic mass is 32.2. The molecule has 1 saturated heterocycles. The number of hydrogen-bond donors (Lipinski definition) is 1. The average molecular weight is 295 g/mol. The number of aliphatic hydroxyl groups excluding tert-OH is 1. The van der Waals surface area contributed by atoms with E-state index in [9.17, 15) is 13.0 Å². The highest BCUT2D eigenvalue weighted by Crippen LogP contribution is 2.35. The van der Waals surface area contributed by atoms with Gasteiger partial charge in [0.2, 0.25) is 0 Å². The van der Waals surface area contributed by atoms with E-state index in [1.54, 1.807) is 0 Å². The summed E-state index contributed by atoms with van der Waals surface area (Å²) in [4.78, 5) is 0. The van der Waals surface area contributed by atoms with Crippen molar-refractivity contribution < 1.29 is 27.6 Å². The maximum atomic E-state index is 10.9. The van der Waals surface area contributed by atoms with Gasteiger partial charge in [-0.15, -0.1) is 0 Å². The summed E-state index contributed by atoms with van der Waals surface area (Å²) in [6.07, 6.45) is -0.654. The normalized spacial score (nSPS) is 36.4. The van der Waals surface area contributed by atoms with E-state index in [2.05, 4.69) is 0 Å². The molecule has 1 rings (SSSR count). The first kappa shape index (κ1) is 16.8. The van der Waals surface area contributed by atoms with Crippen molar-refractivity contribution in [3.63, 3.8) is 0 Å². The Balaban J connectivity index is 2.68. The quantitative estimate of drug-likeness (QED) is 0.568. The van der Waals surface area contributed by atoms with E-state index in [1.165, 1.54) is 0 Å². The monoisotopic (exact) mass is 295 g/mol. The van der Waals surface area contributed by atoms with E-state index < -0.39 is 28.3 Å². The van der Waals surface area contributed by atoms with Crippen molar-refractivity contribution in [3.05, 3.63) is 0 Å². The van der Waals surface area contributed by atoms with Gasteiger partial charge < -0.3 is 19.1 Å². The lowest BCUT2D eigenvalue weighted by Gasteiger charge is -2.43. The minimum absolute atomic E-state index is 0.0172. The van der Waals surface area contributed by atoms with E-state index in [4.69, 9.17) is 14.6 Å². The number of aliphatic hydroxyl groups is 1. The average Bonchev–Trinajstić information content (AvgIpc) is 2.30. The van der Waals surface area contributed by atoms with Crippen LogP contribution in [-0.4, -0.2) is 49.4 Å². The van der Waals surface area contributed by atoms with Crippen molar-refractivity contribution in [2.75, 3.05) is 19.0 Å².